The van der Waals surface area contributed by atoms with Crippen molar-refractivity contribution >= 4 is 0 Å². The molecular weight excluding hydrogens is 376 g/mol. The van der Waals surface area contributed by atoms with Crippen molar-refractivity contribution in [3.63, 3.8) is 0 Å². The number of allylic oxidation sites excluding steroid dienone is 3. The molecule has 0 amide bonds. The summed E-state index contributed by atoms with van der Waals surface area (Å²) in [6.07, 6.45) is 21.6. The van der Waals surface area contributed by atoms with Gasteiger partial charge in [-0.15, -0.1) is 0 Å². The van der Waals surface area contributed by atoms with E-state index in [4.69, 9.17) is 0 Å². The number of rotatable bonds is 6. The number of fused-ring (bicyclic) bond motifs is 5. The van der Waals surface area contributed by atoms with Gasteiger partial charge in [0.1, 0.15) is 0 Å². The van der Waals surface area contributed by atoms with Crippen LogP contribution in [0.25, 0.3) is 0 Å². The quantitative estimate of drug-likeness (QED) is 0.423. The lowest BCUT2D eigenvalue weighted by Crippen LogP contribution is -2.50. The Kier molecular flexibility index (Phi) is 6.59. The van der Waals surface area contributed by atoms with Crippen LogP contribution in [0.3, 0.4) is 0 Å². The van der Waals surface area contributed by atoms with E-state index in [1.165, 1.54) is 57.8 Å². The van der Waals surface area contributed by atoms with E-state index >= 15 is 0 Å². The summed E-state index contributed by atoms with van der Waals surface area (Å²) in [6, 6.07) is 0. The molecule has 0 radical (unpaired) electrons. The fourth-order valence-electron chi connectivity index (χ4n) is 9.06. The first-order valence-corrected chi connectivity index (χ1v) is 13.6. The van der Waals surface area contributed by atoms with Gasteiger partial charge in [0, 0.05) is 0 Å². The standard InChI is InChI=1S/C30H50O/c1-7-16-28(3,4)17-8-9-21(2)25-12-13-26-24-11-10-22-20-23(31)14-18-29(22,5)27(24)15-19-30(25,26)6/h8-10,21,23-27,31H,7,11-20H2,1-6H3/t21-,23+,24+,25-,26+,27+,29+,30-/m1/s1. The highest BCUT2D eigenvalue weighted by Gasteiger charge is 2.58. The second-order valence-corrected chi connectivity index (χ2v) is 13.3. The zero-order valence-electron chi connectivity index (χ0n) is 21.4. The summed E-state index contributed by atoms with van der Waals surface area (Å²) >= 11 is 0. The van der Waals surface area contributed by atoms with Crippen molar-refractivity contribution in [1.29, 1.82) is 0 Å². The Morgan fingerprint density at radius 2 is 1.90 bits per heavy atom. The maximum absolute atomic E-state index is 10.2. The molecule has 4 aliphatic carbocycles. The lowest BCUT2D eigenvalue weighted by Gasteiger charge is -2.58. The Balaban J connectivity index is 1.47. The normalized spacial score (nSPS) is 43.8. The first kappa shape index (κ1) is 23.6. The summed E-state index contributed by atoms with van der Waals surface area (Å²) in [6.45, 7) is 14.9. The van der Waals surface area contributed by atoms with Gasteiger partial charge >= 0.3 is 0 Å². The van der Waals surface area contributed by atoms with Crippen LogP contribution in [0, 0.1) is 45.8 Å². The molecule has 31 heavy (non-hydrogen) atoms. The van der Waals surface area contributed by atoms with E-state index in [1.54, 1.807) is 5.57 Å². The van der Waals surface area contributed by atoms with Crippen molar-refractivity contribution in [1.82, 2.24) is 0 Å². The maximum atomic E-state index is 10.2. The van der Waals surface area contributed by atoms with Crippen molar-refractivity contribution in [2.75, 3.05) is 0 Å². The largest absolute Gasteiger partial charge is 0.393 e. The third kappa shape index (κ3) is 4.22. The lowest BCUT2D eigenvalue weighted by molar-refractivity contribution is -0.0540. The van der Waals surface area contributed by atoms with Gasteiger partial charge < -0.3 is 5.11 Å². The van der Waals surface area contributed by atoms with Crippen LogP contribution in [0.4, 0.5) is 0 Å². The molecule has 1 nitrogen and oxygen atoms in total. The molecule has 0 aliphatic heterocycles. The van der Waals surface area contributed by atoms with E-state index in [9.17, 15) is 5.11 Å². The van der Waals surface area contributed by atoms with Crippen LogP contribution >= 0.6 is 0 Å². The minimum Gasteiger partial charge on any atom is -0.393 e. The predicted octanol–water partition coefficient (Wildman–Crippen LogP) is 8.34. The molecule has 1 N–H and O–H groups in total. The third-order valence-electron chi connectivity index (χ3n) is 10.8. The van der Waals surface area contributed by atoms with Crippen molar-refractivity contribution in [2.45, 2.75) is 118 Å². The van der Waals surface area contributed by atoms with Gasteiger partial charge in [-0.05, 0) is 110 Å². The molecule has 0 aromatic heterocycles. The Morgan fingerprint density at radius 3 is 2.65 bits per heavy atom. The van der Waals surface area contributed by atoms with Gasteiger partial charge in [-0.3, -0.25) is 0 Å². The van der Waals surface area contributed by atoms with Gasteiger partial charge in [-0.1, -0.05) is 71.8 Å². The molecule has 0 spiro atoms. The van der Waals surface area contributed by atoms with Crippen LogP contribution < -0.4 is 0 Å². The van der Waals surface area contributed by atoms with Crippen molar-refractivity contribution in [2.24, 2.45) is 45.8 Å². The molecule has 0 aromatic carbocycles. The van der Waals surface area contributed by atoms with Gasteiger partial charge in [0.2, 0.25) is 0 Å². The number of aliphatic hydroxyl groups is 1. The van der Waals surface area contributed by atoms with Crippen molar-refractivity contribution in [3.8, 4) is 0 Å². The van der Waals surface area contributed by atoms with Gasteiger partial charge in [-0.25, -0.2) is 0 Å². The van der Waals surface area contributed by atoms with E-state index in [-0.39, 0.29) is 6.10 Å². The molecule has 1 heteroatoms. The molecule has 0 aromatic rings. The van der Waals surface area contributed by atoms with Crippen LogP contribution in [0.15, 0.2) is 23.8 Å². The minimum atomic E-state index is -0.0875. The van der Waals surface area contributed by atoms with E-state index in [0.717, 1.165) is 36.5 Å². The van der Waals surface area contributed by atoms with Gasteiger partial charge in [-0.2, -0.15) is 0 Å². The smallest absolute Gasteiger partial charge is 0.0577 e. The molecule has 4 rings (SSSR count). The Hall–Kier alpha value is -0.560. The first-order valence-electron chi connectivity index (χ1n) is 13.6. The van der Waals surface area contributed by atoms with Crippen LogP contribution in [0.5, 0.6) is 0 Å². The number of aliphatic hydroxyl groups excluding tert-OH is 1. The topological polar surface area (TPSA) is 20.2 Å². The van der Waals surface area contributed by atoms with Crippen LogP contribution in [0.1, 0.15) is 112 Å². The highest BCUT2D eigenvalue weighted by molar-refractivity contribution is 5.25. The molecule has 4 aliphatic rings. The molecular formula is C30H50O. The molecule has 3 fully saturated rings. The summed E-state index contributed by atoms with van der Waals surface area (Å²) in [5.74, 6) is 4.21. The average Bonchev–Trinajstić information content (AvgIpc) is 3.05. The fourth-order valence-corrected chi connectivity index (χ4v) is 9.06. The van der Waals surface area contributed by atoms with Gasteiger partial charge in [0.25, 0.3) is 0 Å². The monoisotopic (exact) mass is 426 g/mol. The summed E-state index contributed by atoms with van der Waals surface area (Å²) in [5, 5.41) is 10.2. The van der Waals surface area contributed by atoms with Gasteiger partial charge in [0.05, 0.1) is 6.10 Å². The second-order valence-electron chi connectivity index (χ2n) is 13.3. The Bertz CT molecular complexity index is 701. The van der Waals surface area contributed by atoms with Gasteiger partial charge in [0.15, 0.2) is 0 Å². The zero-order valence-corrected chi connectivity index (χ0v) is 21.4. The SMILES string of the molecule is CCCC(C)(C)CC=C[C@@H](C)[C@H]1CC[C@H]2[C@@H]3CC=C4C[C@@H](O)CC[C@]4(C)[C@H]3CC[C@]12C. The van der Waals surface area contributed by atoms with E-state index in [0.29, 0.717) is 22.2 Å². The molecule has 0 heterocycles. The first-order chi connectivity index (χ1) is 14.6. The summed E-state index contributed by atoms with van der Waals surface area (Å²) in [4.78, 5) is 0. The number of hydrogen-bond acceptors (Lipinski definition) is 1. The lowest BCUT2D eigenvalue weighted by atomic mass is 9.47. The van der Waals surface area contributed by atoms with E-state index in [2.05, 4.69) is 59.8 Å². The predicted molar refractivity (Wildman–Crippen MR) is 133 cm³/mol. The third-order valence-corrected chi connectivity index (χ3v) is 10.8. The zero-order chi connectivity index (χ0) is 22.4. The maximum Gasteiger partial charge on any atom is 0.0577 e. The summed E-state index contributed by atoms with van der Waals surface area (Å²) < 4.78 is 0. The summed E-state index contributed by atoms with van der Waals surface area (Å²) in [5.41, 5.74) is 2.95. The molecule has 0 saturated heterocycles. The van der Waals surface area contributed by atoms with Crippen LogP contribution in [0.2, 0.25) is 0 Å². The molecule has 8 atom stereocenters. The Labute approximate surface area is 193 Å². The van der Waals surface area contributed by atoms with E-state index < -0.39 is 0 Å². The average molecular weight is 427 g/mol. The highest BCUT2D eigenvalue weighted by Crippen LogP contribution is 2.67. The molecule has 3 saturated carbocycles. The van der Waals surface area contributed by atoms with E-state index in [1.807, 2.05) is 0 Å². The highest BCUT2D eigenvalue weighted by atomic mass is 16.3. The van der Waals surface area contributed by atoms with Crippen molar-refractivity contribution in [3.05, 3.63) is 23.8 Å². The van der Waals surface area contributed by atoms with Crippen LogP contribution in [-0.4, -0.2) is 11.2 Å². The summed E-state index contributed by atoms with van der Waals surface area (Å²) in [7, 11) is 0. The molecule has 0 unspecified atom stereocenters. The molecule has 176 valence electrons. The fraction of sp³-hybridized carbons (Fsp3) is 0.867. The minimum absolute atomic E-state index is 0.0875. The Morgan fingerprint density at radius 1 is 1.13 bits per heavy atom. The second kappa shape index (κ2) is 8.66. The van der Waals surface area contributed by atoms with Crippen molar-refractivity contribution < 1.29 is 5.11 Å². The van der Waals surface area contributed by atoms with Crippen LogP contribution in [-0.2, 0) is 0 Å². The molecule has 0 bridgehead atoms. The number of hydrogen-bond donors (Lipinski definition) is 1.